The molecule has 5 nitrogen and oxygen atoms in total. The van der Waals surface area contributed by atoms with E-state index in [9.17, 15) is 4.79 Å². The van der Waals surface area contributed by atoms with Gasteiger partial charge in [-0.15, -0.1) is 22.7 Å². The van der Waals surface area contributed by atoms with Gasteiger partial charge in [0.2, 0.25) is 0 Å². The van der Waals surface area contributed by atoms with Gasteiger partial charge >= 0.3 is 0 Å². The number of H-pyrrole nitrogens is 1. The van der Waals surface area contributed by atoms with Crippen molar-refractivity contribution in [1.29, 1.82) is 0 Å². The van der Waals surface area contributed by atoms with Crippen LogP contribution in [0, 0.1) is 0 Å². The zero-order valence-corrected chi connectivity index (χ0v) is 16.7. The summed E-state index contributed by atoms with van der Waals surface area (Å²) in [7, 11) is 0. The Kier molecular flexibility index (Phi) is 4.64. The van der Waals surface area contributed by atoms with Gasteiger partial charge in [0, 0.05) is 58.6 Å². The maximum atomic E-state index is 12.7. The van der Waals surface area contributed by atoms with Crippen molar-refractivity contribution in [3.63, 3.8) is 0 Å². The molecule has 0 aromatic carbocycles. The van der Waals surface area contributed by atoms with E-state index in [2.05, 4.69) is 44.5 Å². The highest BCUT2D eigenvalue weighted by molar-refractivity contribution is 7.21. The Labute approximate surface area is 170 Å². The number of fused-ring (bicyclic) bond motifs is 1. The normalized spacial score (nSPS) is 14.1. The first-order valence-electron chi connectivity index (χ1n) is 9.14. The second-order valence-electron chi connectivity index (χ2n) is 6.79. The van der Waals surface area contributed by atoms with Crippen LogP contribution in [0.1, 0.15) is 16.1 Å². The van der Waals surface area contributed by atoms with Crippen molar-refractivity contribution in [2.24, 2.45) is 0 Å². The summed E-state index contributed by atoms with van der Waals surface area (Å²) in [5.74, 6) is 0.601. The Hall–Kier alpha value is -2.61. The SMILES string of the molecule is O=c1[nH]c(-c2cccnc2)nc2c1CN(Cc1ccc(-c3cccs3)s1)CC2. The molecule has 5 rings (SSSR count). The average Bonchev–Trinajstić information content (AvgIpc) is 3.41. The fourth-order valence-corrected chi connectivity index (χ4v) is 5.37. The van der Waals surface area contributed by atoms with Crippen LogP contribution in [-0.2, 0) is 19.5 Å². The molecule has 0 fully saturated rings. The van der Waals surface area contributed by atoms with Gasteiger partial charge in [-0.05, 0) is 35.7 Å². The first kappa shape index (κ1) is 17.5. The maximum Gasteiger partial charge on any atom is 0.255 e. The maximum absolute atomic E-state index is 12.7. The number of hydrogen-bond acceptors (Lipinski definition) is 6. The molecular weight excluding hydrogens is 388 g/mol. The first-order valence-corrected chi connectivity index (χ1v) is 10.8. The van der Waals surface area contributed by atoms with Crippen LogP contribution < -0.4 is 5.56 Å². The van der Waals surface area contributed by atoms with Gasteiger partial charge in [0.05, 0.1) is 11.3 Å². The van der Waals surface area contributed by atoms with Crippen LogP contribution in [0.2, 0.25) is 0 Å². The predicted molar refractivity (Wildman–Crippen MR) is 114 cm³/mol. The molecule has 0 spiro atoms. The highest BCUT2D eigenvalue weighted by Crippen LogP contribution is 2.32. The van der Waals surface area contributed by atoms with Gasteiger partial charge in [-0.2, -0.15) is 0 Å². The number of nitrogens with one attached hydrogen (secondary N) is 1. The Morgan fingerprint density at radius 2 is 2.11 bits per heavy atom. The summed E-state index contributed by atoms with van der Waals surface area (Å²) < 4.78 is 0. The zero-order chi connectivity index (χ0) is 18.9. The Balaban J connectivity index is 1.35. The number of aromatic nitrogens is 3. The third-order valence-corrected chi connectivity index (χ3v) is 7.02. The molecule has 7 heteroatoms. The van der Waals surface area contributed by atoms with Crippen molar-refractivity contribution < 1.29 is 0 Å². The zero-order valence-electron chi connectivity index (χ0n) is 15.1. The third kappa shape index (κ3) is 3.44. The average molecular weight is 407 g/mol. The molecule has 0 saturated carbocycles. The Morgan fingerprint density at radius 3 is 2.93 bits per heavy atom. The van der Waals surface area contributed by atoms with Crippen molar-refractivity contribution in [2.45, 2.75) is 19.5 Å². The first-order chi connectivity index (χ1) is 13.8. The van der Waals surface area contributed by atoms with E-state index in [1.165, 1.54) is 14.6 Å². The molecule has 0 radical (unpaired) electrons. The van der Waals surface area contributed by atoms with Gasteiger partial charge in [0.15, 0.2) is 0 Å². The molecule has 1 N–H and O–H groups in total. The molecule has 5 heterocycles. The number of aromatic amines is 1. The molecule has 28 heavy (non-hydrogen) atoms. The van der Waals surface area contributed by atoms with Crippen molar-refractivity contribution >= 4 is 22.7 Å². The molecule has 4 aromatic rings. The molecule has 0 bridgehead atoms. The molecule has 1 aliphatic rings. The van der Waals surface area contributed by atoms with Gasteiger partial charge in [-0.1, -0.05) is 6.07 Å². The molecule has 4 aromatic heterocycles. The highest BCUT2D eigenvalue weighted by Gasteiger charge is 2.22. The molecule has 1 aliphatic heterocycles. The minimum atomic E-state index is -0.0426. The van der Waals surface area contributed by atoms with Crippen LogP contribution >= 0.6 is 22.7 Å². The van der Waals surface area contributed by atoms with Crippen LogP contribution in [0.4, 0.5) is 0 Å². The van der Waals surface area contributed by atoms with Crippen molar-refractivity contribution in [1.82, 2.24) is 19.9 Å². The quantitative estimate of drug-likeness (QED) is 0.552. The van der Waals surface area contributed by atoms with Gasteiger partial charge < -0.3 is 4.98 Å². The van der Waals surface area contributed by atoms with E-state index in [-0.39, 0.29) is 5.56 Å². The monoisotopic (exact) mass is 406 g/mol. The van der Waals surface area contributed by atoms with E-state index >= 15 is 0 Å². The number of rotatable bonds is 4. The van der Waals surface area contributed by atoms with Gasteiger partial charge in [0.1, 0.15) is 5.82 Å². The van der Waals surface area contributed by atoms with Crippen LogP contribution in [0.3, 0.4) is 0 Å². The Bertz CT molecular complexity index is 1150. The summed E-state index contributed by atoms with van der Waals surface area (Å²) in [5.41, 5.74) is 2.49. The van der Waals surface area contributed by atoms with Gasteiger partial charge in [-0.25, -0.2) is 4.98 Å². The molecule has 0 atom stereocenters. The highest BCUT2D eigenvalue weighted by atomic mass is 32.1. The van der Waals surface area contributed by atoms with E-state index in [0.29, 0.717) is 12.4 Å². The smallest absolute Gasteiger partial charge is 0.255 e. The summed E-state index contributed by atoms with van der Waals surface area (Å²) in [4.78, 5) is 30.7. The van der Waals surface area contributed by atoms with Crippen molar-refractivity contribution in [3.8, 4) is 21.1 Å². The van der Waals surface area contributed by atoms with E-state index in [4.69, 9.17) is 4.98 Å². The fraction of sp³-hybridized carbons (Fsp3) is 0.190. The van der Waals surface area contributed by atoms with Gasteiger partial charge in [-0.3, -0.25) is 14.7 Å². The van der Waals surface area contributed by atoms with Crippen molar-refractivity contribution in [3.05, 3.63) is 80.7 Å². The summed E-state index contributed by atoms with van der Waals surface area (Å²) in [6.45, 7) is 2.40. The second-order valence-corrected chi connectivity index (χ2v) is 8.90. The lowest BCUT2D eigenvalue weighted by atomic mass is 10.1. The van der Waals surface area contributed by atoms with E-state index in [1.54, 1.807) is 23.7 Å². The van der Waals surface area contributed by atoms with E-state index in [1.807, 2.05) is 23.5 Å². The molecule has 0 aliphatic carbocycles. The fourth-order valence-electron chi connectivity index (χ4n) is 3.49. The summed E-state index contributed by atoms with van der Waals surface area (Å²) in [6, 6.07) is 12.4. The predicted octanol–water partition coefficient (Wildman–Crippen LogP) is 4.18. The van der Waals surface area contributed by atoms with Crippen LogP contribution in [0.15, 0.2) is 59.0 Å². The lowest BCUT2D eigenvalue weighted by molar-refractivity contribution is 0.244. The van der Waals surface area contributed by atoms with E-state index < -0.39 is 0 Å². The molecule has 0 unspecified atom stereocenters. The summed E-state index contributed by atoms with van der Waals surface area (Å²) in [6.07, 6.45) is 4.23. The van der Waals surface area contributed by atoms with Crippen molar-refractivity contribution in [2.75, 3.05) is 6.54 Å². The topological polar surface area (TPSA) is 61.9 Å². The minimum absolute atomic E-state index is 0.0426. The third-order valence-electron chi connectivity index (χ3n) is 4.89. The van der Waals surface area contributed by atoms with Crippen LogP contribution in [0.5, 0.6) is 0 Å². The number of thiophene rings is 2. The number of nitrogens with zero attached hydrogens (tertiary/aromatic N) is 3. The molecule has 0 saturated heterocycles. The molecule has 0 amide bonds. The molecule has 140 valence electrons. The Morgan fingerprint density at radius 1 is 1.14 bits per heavy atom. The lowest BCUT2D eigenvalue weighted by Gasteiger charge is -2.27. The minimum Gasteiger partial charge on any atom is -0.306 e. The largest absolute Gasteiger partial charge is 0.306 e. The lowest BCUT2D eigenvalue weighted by Crippen LogP contribution is -2.35. The van der Waals surface area contributed by atoms with Crippen LogP contribution in [0.25, 0.3) is 21.1 Å². The summed E-state index contributed by atoms with van der Waals surface area (Å²) >= 11 is 3.60. The number of hydrogen-bond donors (Lipinski definition) is 1. The number of pyridine rings is 1. The molecular formula is C21H18N4OS2. The standard InChI is InChI=1S/C21H18N4OS2/c26-21-16-13-25(12-15-5-6-19(28-15)18-4-2-10-27-18)9-7-17(16)23-20(24-21)14-3-1-8-22-11-14/h1-6,8,10-11H,7,9,12-13H2,(H,23,24,26). The van der Waals surface area contributed by atoms with Crippen LogP contribution in [-0.4, -0.2) is 26.4 Å². The summed E-state index contributed by atoms with van der Waals surface area (Å²) in [5, 5.41) is 2.11. The van der Waals surface area contributed by atoms with E-state index in [0.717, 1.165) is 36.3 Å². The second kappa shape index (κ2) is 7.43. The van der Waals surface area contributed by atoms with Gasteiger partial charge in [0.25, 0.3) is 5.56 Å².